The van der Waals surface area contributed by atoms with Gasteiger partial charge in [0.1, 0.15) is 0 Å². The molecule has 1 aromatic heterocycles. The van der Waals surface area contributed by atoms with E-state index in [1.54, 1.807) is 11.3 Å². The molecule has 0 amide bonds. The van der Waals surface area contributed by atoms with Gasteiger partial charge in [0.25, 0.3) is 0 Å². The van der Waals surface area contributed by atoms with E-state index >= 15 is 0 Å². The fourth-order valence-electron chi connectivity index (χ4n) is 1.37. The summed E-state index contributed by atoms with van der Waals surface area (Å²) < 4.78 is 2.35. The first-order valence-corrected chi connectivity index (χ1v) is 7.21. The first kappa shape index (κ1) is 12.7. The van der Waals surface area contributed by atoms with Crippen LogP contribution in [0.3, 0.4) is 0 Å². The number of halogens is 2. The average Bonchev–Trinajstić information content (AvgIpc) is 2.48. The van der Waals surface area contributed by atoms with Gasteiger partial charge in [0.15, 0.2) is 0 Å². The highest BCUT2D eigenvalue weighted by atomic mass is 79.9. The summed E-state index contributed by atoms with van der Waals surface area (Å²) in [5.41, 5.74) is 0. The van der Waals surface area contributed by atoms with Gasteiger partial charge in [-0.2, -0.15) is 0 Å². The quantitative estimate of drug-likeness (QED) is 0.817. The maximum atomic E-state index is 3.53. The zero-order valence-corrected chi connectivity index (χ0v) is 12.4. The molecule has 0 aliphatic rings. The van der Waals surface area contributed by atoms with Crippen LogP contribution >= 0.6 is 43.2 Å². The fourth-order valence-corrected chi connectivity index (χ4v) is 3.61. The van der Waals surface area contributed by atoms with Crippen molar-refractivity contribution in [3.63, 3.8) is 0 Å². The van der Waals surface area contributed by atoms with Crippen LogP contribution in [-0.2, 0) is 0 Å². The molecule has 1 aromatic rings. The Morgan fingerprint density at radius 3 is 2.64 bits per heavy atom. The molecular formula is C10H15Br2NS. The van der Waals surface area contributed by atoms with Crippen molar-refractivity contribution in [1.29, 1.82) is 0 Å². The summed E-state index contributed by atoms with van der Waals surface area (Å²) in [5.74, 6) is 0. The Bertz CT molecular complexity index is 266. The Labute approximate surface area is 107 Å². The van der Waals surface area contributed by atoms with E-state index in [2.05, 4.69) is 50.2 Å². The van der Waals surface area contributed by atoms with Crippen LogP contribution in [0.1, 0.15) is 37.1 Å². The van der Waals surface area contributed by atoms with E-state index < -0.39 is 0 Å². The van der Waals surface area contributed by atoms with Gasteiger partial charge < -0.3 is 5.32 Å². The Hall–Kier alpha value is 0.620. The Kier molecular flexibility index (Phi) is 5.67. The minimum Gasteiger partial charge on any atom is -0.312 e. The van der Waals surface area contributed by atoms with Gasteiger partial charge in [-0.25, -0.2) is 0 Å². The van der Waals surface area contributed by atoms with Crippen molar-refractivity contribution in [2.75, 3.05) is 7.05 Å². The molecule has 80 valence electrons. The van der Waals surface area contributed by atoms with Gasteiger partial charge in [-0.3, -0.25) is 0 Å². The molecule has 1 N–H and O–H groups in total. The SMILES string of the molecule is CCCCC(NC)c1cc(Br)c(Br)s1. The molecule has 1 nitrogen and oxygen atoms in total. The highest BCUT2D eigenvalue weighted by Gasteiger charge is 2.13. The van der Waals surface area contributed by atoms with Gasteiger partial charge in [-0.05, 0) is 51.4 Å². The van der Waals surface area contributed by atoms with E-state index in [1.165, 1.54) is 27.9 Å². The van der Waals surface area contributed by atoms with Crippen molar-refractivity contribution in [1.82, 2.24) is 5.32 Å². The number of unbranched alkanes of at least 4 members (excludes halogenated alkanes) is 1. The van der Waals surface area contributed by atoms with Crippen LogP contribution in [0.25, 0.3) is 0 Å². The van der Waals surface area contributed by atoms with Gasteiger partial charge in [0.05, 0.1) is 3.79 Å². The Morgan fingerprint density at radius 1 is 1.50 bits per heavy atom. The molecule has 0 aromatic carbocycles. The lowest BCUT2D eigenvalue weighted by molar-refractivity contribution is 0.530. The molecule has 4 heteroatoms. The molecule has 0 spiro atoms. The molecule has 1 atom stereocenters. The summed E-state index contributed by atoms with van der Waals surface area (Å²) in [6.07, 6.45) is 3.75. The standard InChI is InChI=1S/C10H15Br2NS/c1-3-4-5-8(13-2)9-6-7(11)10(12)14-9/h6,8,13H,3-5H2,1-2H3. The van der Waals surface area contributed by atoms with E-state index in [0.717, 1.165) is 4.47 Å². The third-order valence-electron chi connectivity index (χ3n) is 2.20. The van der Waals surface area contributed by atoms with Crippen molar-refractivity contribution < 1.29 is 0 Å². The Balaban J connectivity index is 2.68. The maximum Gasteiger partial charge on any atom is 0.0843 e. The molecule has 0 bridgehead atoms. The van der Waals surface area contributed by atoms with E-state index in [-0.39, 0.29) is 0 Å². The molecule has 1 heterocycles. The fraction of sp³-hybridized carbons (Fsp3) is 0.600. The van der Waals surface area contributed by atoms with E-state index in [0.29, 0.717) is 6.04 Å². The lowest BCUT2D eigenvalue weighted by atomic mass is 10.1. The lowest BCUT2D eigenvalue weighted by Crippen LogP contribution is -2.14. The third kappa shape index (κ3) is 3.33. The number of rotatable bonds is 5. The van der Waals surface area contributed by atoms with Crippen LogP contribution in [-0.4, -0.2) is 7.05 Å². The number of thiophene rings is 1. The van der Waals surface area contributed by atoms with Crippen LogP contribution in [0.2, 0.25) is 0 Å². The van der Waals surface area contributed by atoms with Crippen molar-refractivity contribution in [3.8, 4) is 0 Å². The summed E-state index contributed by atoms with van der Waals surface area (Å²) >= 11 is 8.85. The molecule has 0 aliphatic carbocycles. The zero-order chi connectivity index (χ0) is 10.6. The first-order chi connectivity index (χ1) is 6.69. The van der Waals surface area contributed by atoms with Gasteiger partial charge >= 0.3 is 0 Å². The molecule has 1 unspecified atom stereocenters. The second-order valence-electron chi connectivity index (χ2n) is 3.25. The summed E-state index contributed by atoms with van der Waals surface area (Å²) in [4.78, 5) is 1.40. The summed E-state index contributed by atoms with van der Waals surface area (Å²) in [6, 6.07) is 2.70. The topological polar surface area (TPSA) is 12.0 Å². The van der Waals surface area contributed by atoms with E-state index in [9.17, 15) is 0 Å². The maximum absolute atomic E-state index is 3.53. The van der Waals surface area contributed by atoms with E-state index in [4.69, 9.17) is 0 Å². The number of hydrogen-bond acceptors (Lipinski definition) is 2. The van der Waals surface area contributed by atoms with Gasteiger partial charge in [0, 0.05) is 15.4 Å². The van der Waals surface area contributed by atoms with Crippen LogP contribution in [0.4, 0.5) is 0 Å². The van der Waals surface area contributed by atoms with E-state index in [1.807, 2.05) is 7.05 Å². The monoisotopic (exact) mass is 339 g/mol. The van der Waals surface area contributed by atoms with Crippen molar-refractivity contribution in [2.45, 2.75) is 32.2 Å². The van der Waals surface area contributed by atoms with Gasteiger partial charge in [-0.1, -0.05) is 19.8 Å². The van der Waals surface area contributed by atoms with Crippen molar-refractivity contribution in [3.05, 3.63) is 19.2 Å². The zero-order valence-electron chi connectivity index (χ0n) is 8.44. The van der Waals surface area contributed by atoms with Gasteiger partial charge in [0.2, 0.25) is 0 Å². The molecular weight excluding hydrogens is 326 g/mol. The molecule has 14 heavy (non-hydrogen) atoms. The van der Waals surface area contributed by atoms with Crippen LogP contribution < -0.4 is 5.32 Å². The normalized spacial score (nSPS) is 13.1. The van der Waals surface area contributed by atoms with Crippen LogP contribution in [0, 0.1) is 0 Å². The summed E-state index contributed by atoms with van der Waals surface area (Å²) in [6.45, 7) is 2.23. The predicted octanol–water partition coefficient (Wildman–Crippen LogP) is 4.72. The predicted molar refractivity (Wildman–Crippen MR) is 71.0 cm³/mol. The summed E-state index contributed by atoms with van der Waals surface area (Å²) in [7, 11) is 2.03. The highest BCUT2D eigenvalue weighted by Crippen LogP contribution is 2.36. The largest absolute Gasteiger partial charge is 0.312 e. The molecule has 1 rings (SSSR count). The Morgan fingerprint density at radius 2 is 2.21 bits per heavy atom. The van der Waals surface area contributed by atoms with Crippen molar-refractivity contribution >= 4 is 43.2 Å². The first-order valence-electron chi connectivity index (χ1n) is 4.81. The smallest absolute Gasteiger partial charge is 0.0843 e. The third-order valence-corrected chi connectivity index (χ3v) is 5.57. The molecule has 0 saturated heterocycles. The second kappa shape index (κ2) is 6.26. The number of nitrogens with one attached hydrogen (secondary N) is 1. The minimum absolute atomic E-state index is 0.502. The molecule has 0 saturated carbocycles. The lowest BCUT2D eigenvalue weighted by Gasteiger charge is -2.13. The van der Waals surface area contributed by atoms with Crippen LogP contribution in [0.5, 0.6) is 0 Å². The minimum atomic E-state index is 0.502. The van der Waals surface area contributed by atoms with Crippen LogP contribution in [0.15, 0.2) is 14.3 Å². The average molecular weight is 341 g/mol. The van der Waals surface area contributed by atoms with Gasteiger partial charge in [-0.15, -0.1) is 11.3 Å². The highest BCUT2D eigenvalue weighted by molar-refractivity contribution is 9.13. The second-order valence-corrected chi connectivity index (χ2v) is 6.51. The van der Waals surface area contributed by atoms with Crippen molar-refractivity contribution in [2.24, 2.45) is 0 Å². The molecule has 0 aliphatic heterocycles. The summed E-state index contributed by atoms with van der Waals surface area (Å²) in [5, 5.41) is 3.36. The number of hydrogen-bond donors (Lipinski definition) is 1. The molecule has 0 radical (unpaired) electrons. The molecule has 0 fully saturated rings.